The summed E-state index contributed by atoms with van der Waals surface area (Å²) in [4.78, 5) is 23.2. The highest BCUT2D eigenvalue weighted by Gasteiger charge is 2.27. The summed E-state index contributed by atoms with van der Waals surface area (Å²) >= 11 is 5.96. The van der Waals surface area contributed by atoms with Gasteiger partial charge >= 0.3 is 0 Å². The lowest BCUT2D eigenvalue weighted by Crippen LogP contribution is -2.40. The molecule has 0 aromatic heterocycles. The van der Waals surface area contributed by atoms with Gasteiger partial charge in [0.15, 0.2) is 11.5 Å². The average Bonchev–Trinajstić information content (AvgIpc) is 2.56. The average molecular weight is 333 g/mol. The monoisotopic (exact) mass is 332 g/mol. The number of fused-ring (bicyclic) bond motifs is 1. The first-order valence-electron chi connectivity index (χ1n) is 6.75. The van der Waals surface area contributed by atoms with E-state index in [4.69, 9.17) is 21.1 Å². The van der Waals surface area contributed by atoms with Gasteiger partial charge < -0.3 is 24.7 Å². The molecule has 2 aromatic rings. The molecule has 1 amide bonds. The normalized spacial score (nSPS) is 15.8. The van der Waals surface area contributed by atoms with Crippen LogP contribution in [0.25, 0.3) is 0 Å². The number of hydrogen-bond acceptors (Lipinski definition) is 5. The summed E-state index contributed by atoms with van der Waals surface area (Å²) < 4.78 is 11.0. The van der Waals surface area contributed by atoms with E-state index in [2.05, 4.69) is 5.32 Å². The minimum absolute atomic E-state index is 0.0423. The van der Waals surface area contributed by atoms with Crippen LogP contribution in [0.4, 0.5) is 5.69 Å². The van der Waals surface area contributed by atoms with E-state index in [1.165, 1.54) is 18.2 Å². The smallest absolute Gasteiger partial charge is 0.269 e. The van der Waals surface area contributed by atoms with E-state index in [-0.39, 0.29) is 22.9 Å². The Hall–Kier alpha value is -2.73. The topological polar surface area (TPSA) is 87.7 Å². The Balaban J connectivity index is 1.75. The summed E-state index contributed by atoms with van der Waals surface area (Å²) in [6.07, 6.45) is -0.868. The first kappa shape index (κ1) is 15.2. The van der Waals surface area contributed by atoms with Crippen molar-refractivity contribution in [2.75, 3.05) is 11.9 Å². The standard InChI is InChI=1S/C16H12ClNO5/c17-10-6-5-9(16(20)21)7-11(10)18-15(19)14-8-22-12-3-1-2-4-13(12)23-14/h1-7,14H,8H2,(H,18,19)(H,20,21)/p-1/t14-/m0/s1. The maximum Gasteiger partial charge on any atom is 0.269 e. The van der Waals surface area contributed by atoms with Crippen LogP contribution in [0.15, 0.2) is 42.5 Å². The van der Waals surface area contributed by atoms with E-state index in [9.17, 15) is 14.7 Å². The number of carboxylic acids is 1. The van der Waals surface area contributed by atoms with Crippen LogP contribution in [-0.2, 0) is 4.79 Å². The third kappa shape index (κ3) is 3.22. The molecule has 0 unspecified atom stereocenters. The predicted octanol–water partition coefficient (Wildman–Crippen LogP) is 1.48. The lowest BCUT2D eigenvalue weighted by atomic mass is 10.2. The third-order valence-electron chi connectivity index (χ3n) is 3.26. The first-order valence-corrected chi connectivity index (χ1v) is 7.12. The Bertz CT molecular complexity index is 777. The molecule has 3 rings (SSSR count). The molecule has 0 spiro atoms. The number of para-hydroxylation sites is 2. The molecule has 0 saturated carbocycles. The molecule has 1 aliphatic heterocycles. The number of ether oxygens (including phenoxy) is 2. The fourth-order valence-corrected chi connectivity index (χ4v) is 2.27. The molecule has 7 heteroatoms. The number of nitrogens with one attached hydrogen (secondary N) is 1. The quantitative estimate of drug-likeness (QED) is 0.920. The minimum Gasteiger partial charge on any atom is -0.545 e. The highest BCUT2D eigenvalue weighted by atomic mass is 35.5. The van der Waals surface area contributed by atoms with Crippen LogP contribution in [0, 0.1) is 0 Å². The number of carbonyl (C=O) groups is 2. The summed E-state index contributed by atoms with van der Waals surface area (Å²) in [6, 6.07) is 10.9. The van der Waals surface area contributed by atoms with E-state index < -0.39 is 18.0 Å². The molecule has 6 nitrogen and oxygen atoms in total. The number of hydrogen-bond donors (Lipinski definition) is 1. The Kier molecular flexibility index (Phi) is 4.08. The van der Waals surface area contributed by atoms with Gasteiger partial charge in [-0.2, -0.15) is 0 Å². The van der Waals surface area contributed by atoms with Crippen molar-refractivity contribution >= 4 is 29.2 Å². The van der Waals surface area contributed by atoms with Crippen molar-refractivity contribution in [1.29, 1.82) is 0 Å². The first-order chi connectivity index (χ1) is 11.0. The summed E-state index contributed by atoms with van der Waals surface area (Å²) in [5.41, 5.74) is 0.0803. The Labute approximate surface area is 136 Å². The van der Waals surface area contributed by atoms with Crippen molar-refractivity contribution in [2.24, 2.45) is 0 Å². The summed E-state index contributed by atoms with van der Waals surface area (Å²) in [5, 5.41) is 13.6. The van der Waals surface area contributed by atoms with Gasteiger partial charge in [-0.15, -0.1) is 0 Å². The number of carbonyl (C=O) groups excluding carboxylic acids is 2. The third-order valence-corrected chi connectivity index (χ3v) is 3.59. The van der Waals surface area contributed by atoms with Crippen molar-refractivity contribution in [3.63, 3.8) is 0 Å². The van der Waals surface area contributed by atoms with Crippen LogP contribution in [-0.4, -0.2) is 24.6 Å². The lowest BCUT2D eigenvalue weighted by Gasteiger charge is -2.25. The second kappa shape index (κ2) is 6.18. The van der Waals surface area contributed by atoms with Gasteiger partial charge in [0.1, 0.15) is 6.61 Å². The number of halogens is 1. The molecular formula is C16H11ClNO5-. The summed E-state index contributed by atoms with van der Waals surface area (Å²) in [6.45, 7) is 0.0423. The van der Waals surface area contributed by atoms with Crippen molar-refractivity contribution in [1.82, 2.24) is 0 Å². The highest BCUT2D eigenvalue weighted by molar-refractivity contribution is 6.33. The molecule has 23 heavy (non-hydrogen) atoms. The fourth-order valence-electron chi connectivity index (χ4n) is 2.11. The SMILES string of the molecule is O=C([O-])c1ccc(Cl)c(NC(=O)[C@@H]2COc3ccccc3O2)c1. The molecule has 1 heterocycles. The number of aromatic carboxylic acids is 1. The second-order valence-electron chi connectivity index (χ2n) is 4.84. The van der Waals surface area contributed by atoms with Gasteiger partial charge in [-0.1, -0.05) is 29.8 Å². The zero-order valence-corrected chi connectivity index (χ0v) is 12.5. The molecular weight excluding hydrogens is 322 g/mol. The largest absolute Gasteiger partial charge is 0.545 e. The molecule has 0 fully saturated rings. The van der Waals surface area contributed by atoms with Crippen LogP contribution < -0.4 is 19.9 Å². The number of benzene rings is 2. The van der Waals surface area contributed by atoms with Gasteiger partial charge in [0.2, 0.25) is 6.10 Å². The van der Waals surface area contributed by atoms with Crippen molar-refractivity contribution in [3.05, 3.63) is 53.1 Å². The van der Waals surface area contributed by atoms with Gasteiger partial charge in [0, 0.05) is 0 Å². The van der Waals surface area contributed by atoms with Gasteiger partial charge in [0.05, 0.1) is 16.7 Å². The zero-order valence-electron chi connectivity index (χ0n) is 11.7. The maximum atomic E-state index is 12.3. The van der Waals surface area contributed by atoms with E-state index in [0.717, 1.165) is 0 Å². The Morgan fingerprint density at radius 3 is 2.65 bits per heavy atom. The number of amides is 1. The van der Waals surface area contributed by atoms with Crippen LogP contribution in [0.5, 0.6) is 11.5 Å². The molecule has 0 aliphatic carbocycles. The van der Waals surface area contributed by atoms with E-state index >= 15 is 0 Å². The van der Waals surface area contributed by atoms with Crippen molar-refractivity contribution < 1.29 is 24.2 Å². The molecule has 2 aromatic carbocycles. The van der Waals surface area contributed by atoms with E-state index in [1.54, 1.807) is 24.3 Å². The maximum absolute atomic E-state index is 12.3. The number of rotatable bonds is 3. The van der Waals surface area contributed by atoms with Gasteiger partial charge in [-0.25, -0.2) is 0 Å². The molecule has 0 bridgehead atoms. The van der Waals surface area contributed by atoms with Crippen molar-refractivity contribution in [3.8, 4) is 11.5 Å². The molecule has 1 N–H and O–H groups in total. The van der Waals surface area contributed by atoms with Gasteiger partial charge in [-0.05, 0) is 29.8 Å². The van der Waals surface area contributed by atoms with Crippen LogP contribution in [0.1, 0.15) is 10.4 Å². The minimum atomic E-state index is -1.36. The fraction of sp³-hybridized carbons (Fsp3) is 0.125. The molecule has 0 radical (unpaired) electrons. The van der Waals surface area contributed by atoms with Gasteiger partial charge in [0.25, 0.3) is 5.91 Å². The number of anilines is 1. The molecule has 1 aliphatic rings. The van der Waals surface area contributed by atoms with Crippen LogP contribution >= 0.6 is 11.6 Å². The molecule has 0 saturated heterocycles. The summed E-state index contributed by atoms with van der Waals surface area (Å²) in [5.74, 6) is -0.817. The zero-order chi connectivity index (χ0) is 16.4. The summed E-state index contributed by atoms with van der Waals surface area (Å²) in [7, 11) is 0. The predicted molar refractivity (Wildman–Crippen MR) is 80.8 cm³/mol. The van der Waals surface area contributed by atoms with Crippen LogP contribution in [0.2, 0.25) is 5.02 Å². The second-order valence-corrected chi connectivity index (χ2v) is 5.24. The Morgan fingerprint density at radius 2 is 1.91 bits per heavy atom. The van der Waals surface area contributed by atoms with Gasteiger partial charge in [-0.3, -0.25) is 4.79 Å². The number of carboxylic acid groups (broad SMARTS) is 1. The Morgan fingerprint density at radius 1 is 1.17 bits per heavy atom. The lowest BCUT2D eigenvalue weighted by molar-refractivity contribution is -0.255. The van der Waals surface area contributed by atoms with E-state index in [0.29, 0.717) is 11.5 Å². The molecule has 1 atom stereocenters. The van der Waals surface area contributed by atoms with Crippen molar-refractivity contribution in [2.45, 2.75) is 6.10 Å². The van der Waals surface area contributed by atoms with Crippen LogP contribution in [0.3, 0.4) is 0 Å². The van der Waals surface area contributed by atoms with E-state index in [1.807, 2.05) is 0 Å². The highest BCUT2D eigenvalue weighted by Crippen LogP contribution is 2.31. The molecule has 118 valence electrons.